The van der Waals surface area contributed by atoms with Crippen molar-refractivity contribution in [2.75, 3.05) is 0 Å². The first kappa shape index (κ1) is 13.4. The zero-order chi connectivity index (χ0) is 14.8. The van der Waals surface area contributed by atoms with E-state index in [-0.39, 0.29) is 11.5 Å². The van der Waals surface area contributed by atoms with E-state index >= 15 is 0 Å². The fourth-order valence-electron chi connectivity index (χ4n) is 1.64. The molecule has 3 aromatic rings. The molecule has 0 spiro atoms. The van der Waals surface area contributed by atoms with Gasteiger partial charge in [0.15, 0.2) is 0 Å². The number of hydrogen-bond acceptors (Lipinski definition) is 6. The second-order valence-electron chi connectivity index (χ2n) is 4.12. The van der Waals surface area contributed by atoms with Gasteiger partial charge in [-0.05, 0) is 17.7 Å². The first-order valence-electron chi connectivity index (χ1n) is 5.86. The molecule has 21 heavy (non-hydrogen) atoms. The number of nitro groups is 1. The maximum Gasteiger partial charge on any atom is 0.305 e. The van der Waals surface area contributed by atoms with Crippen LogP contribution in [0, 0.1) is 15.9 Å². The molecule has 7 nitrogen and oxygen atoms in total. The minimum atomic E-state index is -0.542. The van der Waals surface area contributed by atoms with Crippen LogP contribution in [0.15, 0.2) is 41.8 Å². The van der Waals surface area contributed by atoms with E-state index in [2.05, 4.69) is 15.1 Å². The van der Waals surface area contributed by atoms with E-state index in [1.54, 1.807) is 12.1 Å². The van der Waals surface area contributed by atoms with Crippen molar-refractivity contribution in [3.05, 3.63) is 58.2 Å². The monoisotopic (exact) mass is 305 g/mol. The molecule has 9 heteroatoms. The van der Waals surface area contributed by atoms with E-state index in [1.807, 2.05) is 0 Å². The topological polar surface area (TPSA) is 86.2 Å². The number of thioether (sulfide) groups is 1. The van der Waals surface area contributed by atoms with Crippen LogP contribution in [0.4, 0.5) is 10.1 Å². The van der Waals surface area contributed by atoms with Crippen molar-refractivity contribution in [2.45, 2.75) is 10.9 Å². The molecule has 0 atom stereocenters. The van der Waals surface area contributed by atoms with E-state index in [1.165, 1.54) is 34.6 Å². The molecule has 0 aliphatic carbocycles. The van der Waals surface area contributed by atoms with Crippen LogP contribution in [0.3, 0.4) is 0 Å². The van der Waals surface area contributed by atoms with Crippen LogP contribution in [0.1, 0.15) is 5.56 Å². The molecule has 0 bridgehead atoms. The summed E-state index contributed by atoms with van der Waals surface area (Å²) in [4.78, 5) is 18.1. The number of halogens is 1. The molecular weight excluding hydrogens is 297 g/mol. The van der Waals surface area contributed by atoms with Crippen LogP contribution < -0.4 is 0 Å². The summed E-state index contributed by atoms with van der Waals surface area (Å²) >= 11 is 1.34. The molecule has 0 unspecified atom stereocenters. The van der Waals surface area contributed by atoms with Crippen LogP contribution in [0.5, 0.6) is 0 Å². The van der Waals surface area contributed by atoms with Gasteiger partial charge in [-0.3, -0.25) is 10.1 Å². The molecule has 0 radical (unpaired) electrons. The summed E-state index contributed by atoms with van der Waals surface area (Å²) in [5.74, 6) is 0.576. The zero-order valence-corrected chi connectivity index (χ0v) is 11.3. The van der Waals surface area contributed by atoms with E-state index in [9.17, 15) is 14.5 Å². The van der Waals surface area contributed by atoms with E-state index in [0.29, 0.717) is 16.7 Å². The highest BCUT2D eigenvalue weighted by atomic mass is 32.2. The van der Waals surface area contributed by atoms with Crippen molar-refractivity contribution in [3.63, 3.8) is 0 Å². The molecule has 0 fully saturated rings. The standard InChI is InChI=1S/C12H8FN5O2S/c13-9-3-1-8(2-4-9)7-21-12-15-11-14-5-10(18(19)20)6-17(11)16-12/h1-6H,7H2. The largest absolute Gasteiger partial charge is 0.305 e. The summed E-state index contributed by atoms with van der Waals surface area (Å²) in [5.41, 5.74) is 0.779. The Morgan fingerprint density at radius 2 is 2.10 bits per heavy atom. The first-order chi connectivity index (χ1) is 10.1. The second-order valence-corrected chi connectivity index (χ2v) is 5.07. The Bertz CT molecular complexity index is 805. The Balaban J connectivity index is 1.78. The Morgan fingerprint density at radius 3 is 2.81 bits per heavy atom. The van der Waals surface area contributed by atoms with Crippen molar-refractivity contribution < 1.29 is 9.31 Å². The molecule has 0 N–H and O–H groups in total. The first-order valence-corrected chi connectivity index (χ1v) is 6.84. The normalized spacial score (nSPS) is 10.9. The predicted octanol–water partition coefficient (Wildman–Crippen LogP) is 2.46. The Kier molecular flexibility index (Phi) is 3.48. The summed E-state index contributed by atoms with van der Waals surface area (Å²) in [6, 6.07) is 6.14. The summed E-state index contributed by atoms with van der Waals surface area (Å²) in [6.07, 6.45) is 2.40. The van der Waals surface area contributed by atoms with Gasteiger partial charge in [-0.1, -0.05) is 23.9 Å². The molecule has 0 amide bonds. The van der Waals surface area contributed by atoms with Gasteiger partial charge in [0.1, 0.15) is 18.2 Å². The SMILES string of the molecule is O=[N+]([O-])c1cnc2nc(SCc3ccc(F)cc3)nn2c1. The molecule has 106 valence electrons. The van der Waals surface area contributed by atoms with Crippen molar-refractivity contribution in [1.82, 2.24) is 19.6 Å². The van der Waals surface area contributed by atoms with Crippen molar-refractivity contribution in [1.29, 1.82) is 0 Å². The lowest BCUT2D eigenvalue weighted by molar-refractivity contribution is -0.385. The lowest BCUT2D eigenvalue weighted by Gasteiger charge is -1.97. The van der Waals surface area contributed by atoms with Gasteiger partial charge in [0.05, 0.1) is 4.92 Å². The quantitative estimate of drug-likeness (QED) is 0.418. The van der Waals surface area contributed by atoms with E-state index in [0.717, 1.165) is 11.8 Å². The highest BCUT2D eigenvalue weighted by molar-refractivity contribution is 7.98. The molecule has 1 aromatic carbocycles. The Labute approximate surface area is 122 Å². The molecule has 0 aliphatic rings. The fourth-order valence-corrected chi connectivity index (χ4v) is 2.42. The number of nitrogens with zero attached hydrogens (tertiary/aromatic N) is 5. The second kappa shape index (κ2) is 5.44. The third-order valence-corrected chi connectivity index (χ3v) is 3.56. The minimum absolute atomic E-state index is 0.150. The number of fused-ring (bicyclic) bond motifs is 1. The summed E-state index contributed by atoms with van der Waals surface area (Å²) in [6.45, 7) is 0. The highest BCUT2D eigenvalue weighted by Gasteiger charge is 2.11. The molecule has 0 saturated carbocycles. The number of aromatic nitrogens is 4. The molecular formula is C12H8FN5O2S. The summed E-state index contributed by atoms with van der Waals surface area (Å²) in [5, 5.41) is 15.2. The molecule has 2 heterocycles. The fraction of sp³-hybridized carbons (Fsp3) is 0.0833. The molecule has 2 aromatic heterocycles. The third kappa shape index (κ3) is 2.97. The van der Waals surface area contributed by atoms with E-state index < -0.39 is 4.92 Å². The highest BCUT2D eigenvalue weighted by Crippen LogP contribution is 2.20. The summed E-state index contributed by atoms with van der Waals surface area (Å²) < 4.78 is 14.1. The van der Waals surface area contributed by atoms with Gasteiger partial charge in [0, 0.05) is 5.75 Å². The van der Waals surface area contributed by atoms with Gasteiger partial charge in [-0.2, -0.15) is 9.50 Å². The van der Waals surface area contributed by atoms with Gasteiger partial charge >= 0.3 is 5.69 Å². The Hall–Kier alpha value is -2.55. The lowest BCUT2D eigenvalue weighted by Crippen LogP contribution is -1.95. The van der Waals surface area contributed by atoms with Gasteiger partial charge < -0.3 is 0 Å². The van der Waals surface area contributed by atoms with Crippen molar-refractivity contribution in [3.8, 4) is 0 Å². The van der Waals surface area contributed by atoms with Crippen molar-refractivity contribution >= 4 is 23.2 Å². The maximum absolute atomic E-state index is 12.8. The molecule has 3 rings (SSSR count). The zero-order valence-electron chi connectivity index (χ0n) is 10.5. The molecule has 0 aliphatic heterocycles. The van der Waals surface area contributed by atoms with Crippen molar-refractivity contribution in [2.24, 2.45) is 0 Å². The van der Waals surface area contributed by atoms with Crippen LogP contribution in [-0.2, 0) is 5.75 Å². The van der Waals surface area contributed by atoms with E-state index in [4.69, 9.17) is 0 Å². The smallest absolute Gasteiger partial charge is 0.258 e. The van der Waals surface area contributed by atoms with Gasteiger partial charge in [0.25, 0.3) is 5.78 Å². The maximum atomic E-state index is 12.8. The average Bonchev–Trinajstić information content (AvgIpc) is 2.88. The Morgan fingerprint density at radius 1 is 1.33 bits per heavy atom. The predicted molar refractivity (Wildman–Crippen MR) is 73.4 cm³/mol. The number of benzene rings is 1. The molecule has 0 saturated heterocycles. The van der Waals surface area contributed by atoms with Crippen LogP contribution in [0.25, 0.3) is 5.78 Å². The number of rotatable bonds is 4. The average molecular weight is 305 g/mol. The van der Waals surface area contributed by atoms with Gasteiger partial charge in [-0.15, -0.1) is 5.10 Å². The van der Waals surface area contributed by atoms with Gasteiger partial charge in [-0.25, -0.2) is 9.37 Å². The van der Waals surface area contributed by atoms with Crippen LogP contribution >= 0.6 is 11.8 Å². The third-order valence-electron chi connectivity index (χ3n) is 2.65. The number of hydrogen-bond donors (Lipinski definition) is 0. The van der Waals surface area contributed by atoms with Gasteiger partial charge in [0.2, 0.25) is 5.16 Å². The lowest BCUT2D eigenvalue weighted by atomic mass is 10.2. The summed E-state index contributed by atoms with van der Waals surface area (Å²) in [7, 11) is 0. The van der Waals surface area contributed by atoms with Crippen LogP contribution in [0.2, 0.25) is 0 Å². The van der Waals surface area contributed by atoms with Crippen LogP contribution in [-0.4, -0.2) is 24.5 Å². The minimum Gasteiger partial charge on any atom is -0.258 e.